The topological polar surface area (TPSA) is 39.2 Å². The van der Waals surface area contributed by atoms with Crippen LogP contribution in [0, 0.1) is 0 Å². The van der Waals surface area contributed by atoms with Gasteiger partial charge < -0.3 is 4.74 Å². The van der Waals surface area contributed by atoms with Crippen molar-refractivity contribution in [1.29, 1.82) is 0 Å². The maximum atomic E-state index is 12.4. The first kappa shape index (κ1) is 13.0. The minimum atomic E-state index is -4.59. The molecule has 3 nitrogen and oxygen atoms in total. The number of ether oxygens (including phenoxy) is 1. The van der Waals surface area contributed by atoms with Crippen molar-refractivity contribution in [2.24, 2.45) is 0 Å². The Morgan fingerprint density at radius 2 is 2.12 bits per heavy atom. The summed E-state index contributed by atoms with van der Waals surface area (Å²) in [4.78, 5) is 14.4. The minimum Gasteiger partial charge on any atom is -0.461 e. The lowest BCUT2D eigenvalue weighted by atomic mass is 10.3. The molecule has 1 rings (SSSR count). The van der Waals surface area contributed by atoms with Crippen molar-refractivity contribution in [3.8, 4) is 0 Å². The molecule has 0 bridgehead atoms. The Labute approximate surface area is 97.8 Å². The van der Waals surface area contributed by atoms with Gasteiger partial charge in [0.15, 0.2) is 0 Å². The summed E-state index contributed by atoms with van der Waals surface area (Å²) in [6.45, 7) is 1.63. The number of rotatable bonds is 2. The van der Waals surface area contributed by atoms with Gasteiger partial charge in [0.1, 0.15) is 11.4 Å². The molecule has 0 saturated carbocycles. The van der Waals surface area contributed by atoms with Crippen molar-refractivity contribution in [3.05, 3.63) is 28.0 Å². The highest BCUT2D eigenvalue weighted by atomic mass is 79.9. The zero-order valence-corrected chi connectivity index (χ0v) is 9.72. The second kappa shape index (κ2) is 4.82. The molecule has 0 amide bonds. The van der Waals surface area contributed by atoms with Crippen molar-refractivity contribution >= 4 is 21.9 Å². The molecule has 1 heterocycles. The maximum absolute atomic E-state index is 12.4. The summed E-state index contributed by atoms with van der Waals surface area (Å²) < 4.78 is 41.8. The summed E-state index contributed by atoms with van der Waals surface area (Å²) in [5.74, 6) is -0.880. The zero-order chi connectivity index (χ0) is 12.3. The average Bonchev–Trinajstić information content (AvgIpc) is 2.16. The summed E-state index contributed by atoms with van der Waals surface area (Å²) in [5.41, 5.74) is -1.51. The van der Waals surface area contributed by atoms with Crippen LogP contribution in [0.1, 0.15) is 23.1 Å². The van der Waals surface area contributed by atoms with Gasteiger partial charge in [0.25, 0.3) is 0 Å². The van der Waals surface area contributed by atoms with Gasteiger partial charge in [0.05, 0.1) is 6.61 Å². The van der Waals surface area contributed by atoms with Crippen LogP contribution < -0.4 is 0 Å². The highest BCUT2D eigenvalue weighted by Gasteiger charge is 2.33. The molecule has 0 fully saturated rings. The predicted octanol–water partition coefficient (Wildman–Crippen LogP) is 3.04. The normalized spacial score (nSPS) is 11.3. The monoisotopic (exact) mass is 297 g/mol. The third kappa shape index (κ3) is 3.19. The summed E-state index contributed by atoms with van der Waals surface area (Å²) in [7, 11) is 0. The van der Waals surface area contributed by atoms with E-state index in [1.165, 1.54) is 6.07 Å². The fourth-order valence-corrected chi connectivity index (χ4v) is 1.39. The Morgan fingerprint density at radius 3 is 2.62 bits per heavy atom. The first-order valence-corrected chi connectivity index (χ1v) is 5.05. The van der Waals surface area contributed by atoms with Crippen molar-refractivity contribution in [2.45, 2.75) is 13.1 Å². The molecule has 0 unspecified atom stereocenters. The Bertz CT molecular complexity index is 406. The number of carbonyl (C=O) groups excluding carboxylic acids is 1. The van der Waals surface area contributed by atoms with Crippen LogP contribution in [0.4, 0.5) is 13.2 Å². The molecule has 0 saturated heterocycles. The molecule has 0 N–H and O–H groups in total. The van der Waals surface area contributed by atoms with Crippen LogP contribution in [-0.4, -0.2) is 17.6 Å². The lowest BCUT2D eigenvalue weighted by Crippen LogP contribution is -2.13. The molecule has 16 heavy (non-hydrogen) atoms. The number of hydrogen-bond donors (Lipinski definition) is 0. The Morgan fingerprint density at radius 1 is 1.50 bits per heavy atom. The predicted molar refractivity (Wildman–Crippen MR) is 52.9 cm³/mol. The second-order valence-electron chi connectivity index (χ2n) is 2.77. The number of hydrogen-bond acceptors (Lipinski definition) is 3. The summed E-state index contributed by atoms with van der Waals surface area (Å²) in [6.07, 6.45) is -4.59. The van der Waals surface area contributed by atoms with Crippen LogP contribution in [0.5, 0.6) is 0 Å². The largest absolute Gasteiger partial charge is 0.461 e. The van der Waals surface area contributed by atoms with Crippen LogP contribution in [0.25, 0.3) is 0 Å². The van der Waals surface area contributed by atoms with Gasteiger partial charge in [-0.3, -0.25) is 0 Å². The highest BCUT2D eigenvalue weighted by molar-refractivity contribution is 9.10. The van der Waals surface area contributed by atoms with E-state index < -0.39 is 17.8 Å². The number of carbonyl (C=O) groups is 1. The third-order valence-corrected chi connectivity index (χ3v) is 2.02. The molecule has 0 aliphatic rings. The van der Waals surface area contributed by atoms with E-state index in [2.05, 4.69) is 25.7 Å². The molecule has 0 atom stereocenters. The van der Waals surface area contributed by atoms with Crippen LogP contribution in [0.2, 0.25) is 0 Å². The van der Waals surface area contributed by atoms with E-state index in [1.807, 2.05) is 0 Å². The van der Waals surface area contributed by atoms with Gasteiger partial charge in [0, 0.05) is 4.47 Å². The Hall–Kier alpha value is -1.11. The summed E-state index contributed by atoms with van der Waals surface area (Å²) in [5, 5.41) is 0. The van der Waals surface area contributed by atoms with E-state index in [4.69, 9.17) is 0 Å². The number of nitrogens with zero attached hydrogens (tertiary/aromatic N) is 1. The first-order chi connectivity index (χ1) is 7.34. The first-order valence-electron chi connectivity index (χ1n) is 4.26. The van der Waals surface area contributed by atoms with Crippen molar-refractivity contribution in [1.82, 2.24) is 4.98 Å². The smallest absolute Gasteiger partial charge is 0.433 e. The van der Waals surface area contributed by atoms with E-state index in [0.717, 1.165) is 6.07 Å². The molecule has 0 aromatic carbocycles. The quantitative estimate of drug-likeness (QED) is 0.788. The lowest BCUT2D eigenvalue weighted by Gasteiger charge is -2.08. The molecule has 0 aliphatic heterocycles. The van der Waals surface area contributed by atoms with Crippen LogP contribution >= 0.6 is 15.9 Å². The lowest BCUT2D eigenvalue weighted by molar-refractivity contribution is -0.141. The Kier molecular flexibility index (Phi) is 3.90. The molecule has 1 aromatic heterocycles. The fraction of sp³-hybridized carbons (Fsp3) is 0.333. The number of aromatic nitrogens is 1. The standard InChI is InChI=1S/C9H7BrF3NO2/c1-2-16-8(15)6-3-5(10)4-7(14-6)9(11,12)13/h3-4H,2H2,1H3. The Balaban J connectivity index is 3.13. The molecule has 0 aliphatic carbocycles. The third-order valence-electron chi connectivity index (χ3n) is 1.57. The minimum absolute atomic E-state index is 0.0778. The molecule has 1 aromatic rings. The molecule has 0 radical (unpaired) electrons. The van der Waals surface area contributed by atoms with Gasteiger partial charge in [-0.25, -0.2) is 9.78 Å². The average molecular weight is 298 g/mol. The second-order valence-corrected chi connectivity index (χ2v) is 3.69. The molecule has 0 spiro atoms. The van der Waals surface area contributed by atoms with Gasteiger partial charge in [-0.2, -0.15) is 13.2 Å². The van der Waals surface area contributed by atoms with Gasteiger partial charge >= 0.3 is 12.1 Å². The zero-order valence-electron chi connectivity index (χ0n) is 8.14. The highest BCUT2D eigenvalue weighted by Crippen LogP contribution is 2.29. The number of esters is 1. The summed E-state index contributed by atoms with van der Waals surface area (Å²) >= 11 is 2.88. The van der Waals surface area contributed by atoms with Crippen molar-refractivity contribution < 1.29 is 22.7 Å². The summed E-state index contributed by atoms with van der Waals surface area (Å²) in [6, 6.07) is 1.97. The van der Waals surface area contributed by atoms with Gasteiger partial charge in [-0.05, 0) is 19.1 Å². The van der Waals surface area contributed by atoms with Crippen LogP contribution in [-0.2, 0) is 10.9 Å². The van der Waals surface area contributed by atoms with E-state index in [-0.39, 0.29) is 16.8 Å². The van der Waals surface area contributed by atoms with Crippen LogP contribution in [0.3, 0.4) is 0 Å². The maximum Gasteiger partial charge on any atom is 0.433 e. The van der Waals surface area contributed by atoms with Gasteiger partial charge in [-0.1, -0.05) is 15.9 Å². The van der Waals surface area contributed by atoms with Crippen molar-refractivity contribution in [3.63, 3.8) is 0 Å². The number of halogens is 4. The van der Waals surface area contributed by atoms with E-state index in [0.29, 0.717) is 0 Å². The number of pyridine rings is 1. The van der Waals surface area contributed by atoms with Gasteiger partial charge in [0.2, 0.25) is 0 Å². The molecule has 7 heteroatoms. The molecular weight excluding hydrogens is 291 g/mol. The SMILES string of the molecule is CCOC(=O)c1cc(Br)cc(C(F)(F)F)n1. The van der Waals surface area contributed by atoms with Gasteiger partial charge in [-0.15, -0.1) is 0 Å². The van der Waals surface area contributed by atoms with E-state index in [9.17, 15) is 18.0 Å². The van der Waals surface area contributed by atoms with E-state index >= 15 is 0 Å². The van der Waals surface area contributed by atoms with Crippen LogP contribution in [0.15, 0.2) is 16.6 Å². The molecule has 88 valence electrons. The van der Waals surface area contributed by atoms with Crippen molar-refractivity contribution in [2.75, 3.05) is 6.61 Å². The number of alkyl halides is 3. The molecular formula is C9H7BrF3NO2. The fourth-order valence-electron chi connectivity index (χ4n) is 0.952. The van der Waals surface area contributed by atoms with E-state index in [1.54, 1.807) is 6.92 Å².